The first kappa shape index (κ1) is 12.9. The van der Waals surface area contributed by atoms with Crippen molar-refractivity contribution in [3.05, 3.63) is 35.5 Å². The summed E-state index contributed by atoms with van der Waals surface area (Å²) in [5.41, 5.74) is 4.21. The van der Waals surface area contributed by atoms with Crippen LogP contribution in [0.5, 0.6) is 0 Å². The van der Waals surface area contributed by atoms with Gasteiger partial charge in [0.2, 0.25) is 6.41 Å². The first-order valence-corrected chi connectivity index (χ1v) is 7.74. The molecule has 1 aliphatic heterocycles. The number of hydrogen-bond acceptors (Lipinski definition) is 2. The van der Waals surface area contributed by atoms with Crippen LogP contribution in [0.1, 0.15) is 23.5 Å². The van der Waals surface area contributed by atoms with Crippen molar-refractivity contribution in [2.24, 2.45) is 5.92 Å². The van der Waals surface area contributed by atoms with Crippen LogP contribution in [0.25, 0.3) is 10.9 Å². The number of carbonyl (C=O) groups is 1. The van der Waals surface area contributed by atoms with E-state index in [0.29, 0.717) is 17.9 Å². The number of hydrogen-bond donors (Lipinski definition) is 2. The molecule has 3 atom stereocenters. The van der Waals surface area contributed by atoms with Gasteiger partial charge in [-0.2, -0.15) is 0 Å². The number of nitrogens with zero attached hydrogens (tertiary/aromatic N) is 1. The Bertz CT molecular complexity index is 678. The monoisotopic (exact) mass is 283 g/mol. The molecule has 4 rings (SSSR count). The molecule has 4 heteroatoms. The predicted octanol–water partition coefficient (Wildman–Crippen LogP) is 1.87. The SMILES string of the molecule is CN1CC(CNC=O)CC2c3cccc4[nH]cc(c34)C[C@H]21. The highest BCUT2D eigenvalue weighted by atomic mass is 16.1. The Morgan fingerprint density at radius 3 is 3.24 bits per heavy atom. The topological polar surface area (TPSA) is 48.1 Å². The molecule has 0 bridgehead atoms. The molecule has 1 fully saturated rings. The van der Waals surface area contributed by atoms with E-state index in [1.54, 1.807) is 0 Å². The van der Waals surface area contributed by atoms with Crippen molar-refractivity contribution in [3.63, 3.8) is 0 Å². The molecule has 2 aromatic rings. The molecule has 2 heterocycles. The average Bonchev–Trinajstić information content (AvgIpc) is 2.91. The van der Waals surface area contributed by atoms with Gasteiger partial charge in [0, 0.05) is 42.1 Å². The number of rotatable bonds is 3. The van der Waals surface area contributed by atoms with Gasteiger partial charge in [-0.3, -0.25) is 4.79 Å². The third-order valence-electron chi connectivity index (χ3n) is 5.30. The van der Waals surface area contributed by atoms with E-state index in [1.165, 1.54) is 28.5 Å². The third-order valence-corrected chi connectivity index (χ3v) is 5.30. The van der Waals surface area contributed by atoms with Crippen molar-refractivity contribution in [2.75, 3.05) is 20.1 Å². The van der Waals surface area contributed by atoms with Gasteiger partial charge in [-0.25, -0.2) is 0 Å². The van der Waals surface area contributed by atoms with Crippen molar-refractivity contribution in [1.82, 2.24) is 15.2 Å². The fourth-order valence-electron chi connectivity index (χ4n) is 4.42. The van der Waals surface area contributed by atoms with Gasteiger partial charge in [-0.15, -0.1) is 0 Å². The minimum atomic E-state index is 0.539. The highest BCUT2D eigenvalue weighted by Gasteiger charge is 2.39. The average molecular weight is 283 g/mol. The maximum atomic E-state index is 10.6. The van der Waals surface area contributed by atoms with E-state index in [1.807, 2.05) is 0 Å². The van der Waals surface area contributed by atoms with Crippen molar-refractivity contribution < 1.29 is 4.79 Å². The number of carbonyl (C=O) groups excluding carboxylic acids is 1. The summed E-state index contributed by atoms with van der Waals surface area (Å²) in [6, 6.07) is 7.21. The van der Waals surface area contributed by atoms with E-state index >= 15 is 0 Å². The van der Waals surface area contributed by atoms with Gasteiger partial charge in [0.15, 0.2) is 0 Å². The van der Waals surface area contributed by atoms with Crippen LogP contribution in [0.15, 0.2) is 24.4 Å². The fourth-order valence-corrected chi connectivity index (χ4v) is 4.42. The third kappa shape index (κ3) is 1.97. The molecular formula is C17H21N3O. The standard InChI is InChI=1S/C17H21N3O/c1-20-9-11(7-18-10-21)5-14-13-3-2-4-15-17(13)12(8-19-15)6-16(14)20/h2-4,8,10-11,14,16,19H,5-7,9H2,1H3,(H,18,21)/t11?,14?,16-/m1/s1. The number of H-pyrrole nitrogens is 1. The molecule has 1 aromatic carbocycles. The lowest BCUT2D eigenvalue weighted by molar-refractivity contribution is -0.109. The molecular weight excluding hydrogens is 262 g/mol. The maximum absolute atomic E-state index is 10.6. The number of aromatic nitrogens is 1. The molecule has 1 saturated heterocycles. The summed E-state index contributed by atoms with van der Waals surface area (Å²) in [6.07, 6.45) is 5.29. The summed E-state index contributed by atoms with van der Waals surface area (Å²) in [6.45, 7) is 1.85. The molecule has 1 aliphatic carbocycles. The van der Waals surface area contributed by atoms with Gasteiger partial charge in [0.1, 0.15) is 0 Å². The normalized spacial score (nSPS) is 28.3. The molecule has 1 amide bonds. The first-order chi connectivity index (χ1) is 10.3. The summed E-state index contributed by atoms with van der Waals surface area (Å²) in [4.78, 5) is 16.5. The number of likely N-dealkylation sites (N-methyl/N-ethyl adjacent to an activating group) is 1. The molecule has 0 saturated carbocycles. The molecule has 2 aliphatic rings. The minimum Gasteiger partial charge on any atom is -0.361 e. The zero-order valence-corrected chi connectivity index (χ0v) is 12.3. The number of amides is 1. The summed E-state index contributed by atoms with van der Waals surface area (Å²) in [7, 11) is 2.22. The van der Waals surface area contributed by atoms with Crippen molar-refractivity contribution in [2.45, 2.75) is 24.8 Å². The number of aromatic amines is 1. The van der Waals surface area contributed by atoms with Crippen molar-refractivity contribution in [3.8, 4) is 0 Å². The number of nitrogens with one attached hydrogen (secondary N) is 2. The van der Waals surface area contributed by atoms with Crippen LogP contribution in [0, 0.1) is 5.92 Å². The lowest BCUT2D eigenvalue weighted by Gasteiger charge is -2.45. The Balaban J connectivity index is 1.72. The highest BCUT2D eigenvalue weighted by Crippen LogP contribution is 2.44. The predicted molar refractivity (Wildman–Crippen MR) is 83.3 cm³/mol. The van der Waals surface area contributed by atoms with Crippen LogP contribution in [0.3, 0.4) is 0 Å². The Hall–Kier alpha value is -1.81. The van der Waals surface area contributed by atoms with Crippen molar-refractivity contribution in [1.29, 1.82) is 0 Å². The number of benzene rings is 1. The molecule has 1 aromatic heterocycles. The first-order valence-electron chi connectivity index (χ1n) is 7.74. The van der Waals surface area contributed by atoms with Crippen LogP contribution >= 0.6 is 0 Å². The van der Waals surface area contributed by atoms with Gasteiger partial charge in [-0.05, 0) is 43.0 Å². The van der Waals surface area contributed by atoms with Crippen LogP contribution < -0.4 is 5.32 Å². The summed E-state index contributed by atoms with van der Waals surface area (Å²) in [5.74, 6) is 1.12. The Morgan fingerprint density at radius 2 is 2.38 bits per heavy atom. The Morgan fingerprint density at radius 1 is 1.48 bits per heavy atom. The zero-order chi connectivity index (χ0) is 14.4. The van der Waals surface area contributed by atoms with Gasteiger partial charge in [0.25, 0.3) is 0 Å². The minimum absolute atomic E-state index is 0.539. The van der Waals surface area contributed by atoms with E-state index < -0.39 is 0 Å². The Kier molecular flexibility index (Phi) is 3.00. The van der Waals surface area contributed by atoms with Gasteiger partial charge >= 0.3 is 0 Å². The lowest BCUT2D eigenvalue weighted by atomic mass is 9.72. The van der Waals surface area contributed by atoms with E-state index in [-0.39, 0.29) is 0 Å². The molecule has 21 heavy (non-hydrogen) atoms. The quantitative estimate of drug-likeness (QED) is 0.845. The van der Waals surface area contributed by atoms with Gasteiger partial charge in [-0.1, -0.05) is 12.1 Å². The zero-order valence-electron chi connectivity index (χ0n) is 12.3. The number of fused-ring (bicyclic) bond motifs is 2. The van der Waals surface area contributed by atoms with Gasteiger partial charge < -0.3 is 15.2 Å². The van der Waals surface area contributed by atoms with Crippen LogP contribution in [-0.4, -0.2) is 42.5 Å². The summed E-state index contributed by atoms with van der Waals surface area (Å²) < 4.78 is 0. The van der Waals surface area contributed by atoms with E-state index in [2.05, 4.69) is 46.6 Å². The molecule has 0 spiro atoms. The molecule has 2 N–H and O–H groups in total. The number of piperidine rings is 1. The second-order valence-corrected chi connectivity index (χ2v) is 6.53. The summed E-state index contributed by atoms with van der Waals surface area (Å²) in [5, 5.41) is 4.30. The Labute approximate surface area is 124 Å². The number of likely N-dealkylation sites (tertiary alicyclic amines) is 1. The fraction of sp³-hybridized carbons (Fsp3) is 0.471. The smallest absolute Gasteiger partial charge is 0.207 e. The molecule has 110 valence electrons. The second-order valence-electron chi connectivity index (χ2n) is 6.53. The maximum Gasteiger partial charge on any atom is 0.207 e. The highest BCUT2D eigenvalue weighted by molar-refractivity contribution is 5.88. The van der Waals surface area contributed by atoms with Crippen molar-refractivity contribution >= 4 is 17.3 Å². The summed E-state index contributed by atoms with van der Waals surface area (Å²) >= 11 is 0. The van der Waals surface area contributed by atoms with E-state index in [0.717, 1.165) is 25.9 Å². The largest absolute Gasteiger partial charge is 0.361 e. The van der Waals surface area contributed by atoms with E-state index in [9.17, 15) is 4.79 Å². The molecule has 2 unspecified atom stereocenters. The second kappa shape index (κ2) is 4.88. The van der Waals surface area contributed by atoms with Crippen LogP contribution in [0.4, 0.5) is 0 Å². The van der Waals surface area contributed by atoms with Gasteiger partial charge in [0.05, 0.1) is 0 Å². The molecule has 0 radical (unpaired) electrons. The van der Waals surface area contributed by atoms with E-state index in [4.69, 9.17) is 0 Å². The van der Waals surface area contributed by atoms with Crippen LogP contribution in [-0.2, 0) is 11.2 Å². The lowest BCUT2D eigenvalue weighted by Crippen LogP contribution is -2.49. The van der Waals surface area contributed by atoms with Crippen LogP contribution in [0.2, 0.25) is 0 Å². The molecule has 4 nitrogen and oxygen atoms in total.